The van der Waals surface area contributed by atoms with Crippen LogP contribution in [0.15, 0.2) is 6.07 Å². The van der Waals surface area contributed by atoms with Crippen LogP contribution in [-0.4, -0.2) is 30.5 Å². The second-order valence-electron chi connectivity index (χ2n) is 5.52. The van der Waals surface area contributed by atoms with Crippen molar-refractivity contribution in [3.05, 3.63) is 17.5 Å². The van der Waals surface area contributed by atoms with Crippen molar-refractivity contribution < 1.29 is 21.6 Å². The molecular weight excluding hydrogens is 319 g/mol. The minimum Gasteiger partial charge on any atom is -0.267 e. The van der Waals surface area contributed by atoms with Gasteiger partial charge in [-0.2, -0.15) is 18.3 Å². The molecule has 1 aliphatic carbocycles. The molecule has 1 saturated carbocycles. The highest BCUT2D eigenvalue weighted by molar-refractivity contribution is 7.89. The van der Waals surface area contributed by atoms with Crippen LogP contribution in [0.25, 0.3) is 0 Å². The Hall–Kier alpha value is -1.09. The van der Waals surface area contributed by atoms with Crippen LogP contribution in [0.4, 0.5) is 13.2 Å². The van der Waals surface area contributed by atoms with Crippen molar-refractivity contribution in [1.82, 2.24) is 14.5 Å². The summed E-state index contributed by atoms with van der Waals surface area (Å²) in [4.78, 5) is 0. The van der Waals surface area contributed by atoms with Crippen LogP contribution >= 0.6 is 0 Å². The van der Waals surface area contributed by atoms with Gasteiger partial charge < -0.3 is 0 Å². The van der Waals surface area contributed by atoms with Crippen molar-refractivity contribution in [3.63, 3.8) is 0 Å². The van der Waals surface area contributed by atoms with Gasteiger partial charge in [0.2, 0.25) is 10.0 Å². The summed E-state index contributed by atoms with van der Waals surface area (Å²) >= 11 is 0. The monoisotopic (exact) mass is 339 g/mol. The molecule has 2 rings (SSSR count). The lowest BCUT2D eigenvalue weighted by molar-refractivity contribution is -0.141. The standard InChI is InChI=1S/C13H20F3N3O2S/c1-2-3-8-22(20,21)17-6-7-19-11(10-4-5-10)9-12(18-19)13(14,15)16/h9-10,17H,2-8H2,1H3. The number of hydrogen-bond donors (Lipinski definition) is 1. The maximum Gasteiger partial charge on any atom is 0.435 e. The lowest BCUT2D eigenvalue weighted by Gasteiger charge is -2.09. The van der Waals surface area contributed by atoms with Crippen molar-refractivity contribution in [2.75, 3.05) is 12.3 Å². The molecule has 0 saturated heterocycles. The molecule has 0 atom stereocenters. The zero-order valence-corrected chi connectivity index (χ0v) is 13.2. The minimum absolute atomic E-state index is 0.0336. The summed E-state index contributed by atoms with van der Waals surface area (Å²) in [7, 11) is -3.37. The molecule has 0 radical (unpaired) electrons. The minimum atomic E-state index is -4.48. The van der Waals surface area contributed by atoms with Crippen LogP contribution in [-0.2, 0) is 22.7 Å². The Bertz CT molecular complexity index is 607. The van der Waals surface area contributed by atoms with Gasteiger partial charge in [0.15, 0.2) is 5.69 Å². The topological polar surface area (TPSA) is 64.0 Å². The molecule has 1 aliphatic rings. The largest absolute Gasteiger partial charge is 0.435 e. The van der Waals surface area contributed by atoms with Crippen LogP contribution in [0.1, 0.15) is 49.9 Å². The molecule has 1 N–H and O–H groups in total. The van der Waals surface area contributed by atoms with E-state index in [9.17, 15) is 21.6 Å². The van der Waals surface area contributed by atoms with E-state index < -0.39 is 21.9 Å². The Labute approximate surface area is 127 Å². The van der Waals surface area contributed by atoms with Crippen LogP contribution < -0.4 is 4.72 Å². The van der Waals surface area contributed by atoms with Crippen LogP contribution in [0.3, 0.4) is 0 Å². The quantitative estimate of drug-likeness (QED) is 0.791. The predicted octanol–water partition coefficient (Wildman–Crippen LogP) is 2.50. The highest BCUT2D eigenvalue weighted by Crippen LogP contribution is 2.42. The van der Waals surface area contributed by atoms with Gasteiger partial charge in [-0.15, -0.1) is 0 Å². The van der Waals surface area contributed by atoms with Gasteiger partial charge in [0.1, 0.15) is 0 Å². The highest BCUT2D eigenvalue weighted by atomic mass is 32.2. The normalized spacial score (nSPS) is 16.2. The zero-order valence-electron chi connectivity index (χ0n) is 12.4. The molecule has 0 unspecified atom stereocenters. The van der Waals surface area contributed by atoms with E-state index in [0.717, 1.165) is 25.3 Å². The fraction of sp³-hybridized carbons (Fsp3) is 0.769. The van der Waals surface area contributed by atoms with Gasteiger partial charge in [0, 0.05) is 18.2 Å². The first-order valence-electron chi connectivity index (χ1n) is 7.35. The number of halogens is 3. The average Bonchev–Trinajstić information content (AvgIpc) is 3.16. The third-order valence-electron chi connectivity index (χ3n) is 3.51. The maximum atomic E-state index is 12.7. The third-order valence-corrected chi connectivity index (χ3v) is 4.98. The van der Waals surface area contributed by atoms with Gasteiger partial charge in [-0.05, 0) is 25.3 Å². The highest BCUT2D eigenvalue weighted by Gasteiger charge is 2.37. The SMILES string of the molecule is CCCCS(=O)(=O)NCCn1nc(C(F)(F)F)cc1C1CC1. The van der Waals surface area contributed by atoms with Crippen LogP contribution in [0, 0.1) is 0 Å². The summed E-state index contributed by atoms with van der Waals surface area (Å²) in [5.74, 6) is 0.145. The second-order valence-corrected chi connectivity index (χ2v) is 7.44. The van der Waals surface area contributed by atoms with Gasteiger partial charge in [0.25, 0.3) is 0 Å². The predicted molar refractivity (Wildman–Crippen MR) is 75.9 cm³/mol. The summed E-state index contributed by atoms with van der Waals surface area (Å²) in [6.45, 7) is 2.04. The second kappa shape index (κ2) is 6.57. The molecule has 22 heavy (non-hydrogen) atoms. The summed E-state index contributed by atoms with van der Waals surface area (Å²) < 4.78 is 65.2. The van der Waals surface area contributed by atoms with E-state index in [2.05, 4.69) is 9.82 Å². The van der Waals surface area contributed by atoms with E-state index in [4.69, 9.17) is 0 Å². The fourth-order valence-electron chi connectivity index (χ4n) is 2.17. The Morgan fingerprint density at radius 2 is 2.09 bits per heavy atom. The number of aromatic nitrogens is 2. The third kappa shape index (κ3) is 4.70. The molecule has 9 heteroatoms. The van der Waals surface area contributed by atoms with Gasteiger partial charge in [-0.1, -0.05) is 13.3 Å². The first-order chi connectivity index (χ1) is 10.2. The lowest BCUT2D eigenvalue weighted by atomic mass is 10.2. The zero-order chi connectivity index (χ0) is 16.4. The average molecular weight is 339 g/mol. The van der Waals surface area contributed by atoms with E-state index in [1.165, 1.54) is 4.68 Å². The summed E-state index contributed by atoms with van der Waals surface area (Å²) in [5, 5.41) is 3.58. The van der Waals surface area contributed by atoms with Crippen molar-refractivity contribution in [2.24, 2.45) is 0 Å². The van der Waals surface area contributed by atoms with E-state index in [-0.39, 0.29) is 24.8 Å². The molecule has 1 heterocycles. The fourth-order valence-corrected chi connectivity index (χ4v) is 3.39. The summed E-state index contributed by atoms with van der Waals surface area (Å²) in [6, 6.07) is 1.07. The number of hydrogen-bond acceptors (Lipinski definition) is 3. The molecule has 1 aromatic heterocycles. The van der Waals surface area contributed by atoms with Crippen molar-refractivity contribution in [3.8, 4) is 0 Å². The van der Waals surface area contributed by atoms with Crippen molar-refractivity contribution in [1.29, 1.82) is 0 Å². The molecule has 0 aliphatic heterocycles. The van der Waals surface area contributed by atoms with Crippen molar-refractivity contribution in [2.45, 2.75) is 51.2 Å². The van der Waals surface area contributed by atoms with Gasteiger partial charge in [-0.25, -0.2) is 13.1 Å². The van der Waals surface area contributed by atoms with Crippen molar-refractivity contribution >= 4 is 10.0 Å². The molecular formula is C13H20F3N3O2S. The summed E-state index contributed by atoms with van der Waals surface area (Å²) in [6.07, 6.45) is -1.45. The molecule has 0 spiro atoms. The lowest BCUT2D eigenvalue weighted by Crippen LogP contribution is -2.30. The number of alkyl halides is 3. The number of nitrogens with one attached hydrogen (secondary N) is 1. The van der Waals surface area contributed by atoms with Gasteiger partial charge in [0.05, 0.1) is 12.3 Å². The first-order valence-corrected chi connectivity index (χ1v) is 9.00. The Morgan fingerprint density at radius 3 is 2.64 bits per heavy atom. The molecule has 1 fully saturated rings. The van der Waals surface area contributed by atoms with Gasteiger partial charge >= 0.3 is 6.18 Å². The molecule has 0 amide bonds. The molecule has 0 bridgehead atoms. The number of nitrogens with zero attached hydrogens (tertiary/aromatic N) is 2. The Kier molecular flexibility index (Phi) is 5.16. The van der Waals surface area contributed by atoms with Gasteiger partial charge in [-0.3, -0.25) is 4.68 Å². The summed E-state index contributed by atoms with van der Waals surface area (Å²) in [5.41, 5.74) is -0.372. The number of rotatable bonds is 8. The first kappa shape index (κ1) is 17.3. The van der Waals surface area contributed by atoms with E-state index >= 15 is 0 Å². The Balaban J connectivity index is 1.99. The molecule has 1 aromatic rings. The van der Waals surface area contributed by atoms with E-state index in [1.54, 1.807) is 0 Å². The molecule has 0 aromatic carbocycles. The van der Waals surface area contributed by atoms with E-state index in [0.29, 0.717) is 12.1 Å². The molecule has 5 nitrogen and oxygen atoms in total. The Morgan fingerprint density at radius 1 is 1.41 bits per heavy atom. The molecule has 126 valence electrons. The maximum absolute atomic E-state index is 12.7. The number of unbranched alkanes of at least 4 members (excludes halogenated alkanes) is 1. The smallest absolute Gasteiger partial charge is 0.267 e. The number of sulfonamides is 1. The van der Waals surface area contributed by atoms with Crippen LogP contribution in [0.2, 0.25) is 0 Å². The van der Waals surface area contributed by atoms with Crippen LogP contribution in [0.5, 0.6) is 0 Å². The van der Waals surface area contributed by atoms with E-state index in [1.807, 2.05) is 6.92 Å².